The number of aromatic carboxylic acids is 1. The smallest absolute Gasteiger partial charge is 0.341 e. The van der Waals surface area contributed by atoms with Gasteiger partial charge in [0.05, 0.1) is 18.0 Å². The van der Waals surface area contributed by atoms with Gasteiger partial charge in [0.2, 0.25) is 5.43 Å². The minimum absolute atomic E-state index is 0.0643. The number of anilines is 1. The van der Waals surface area contributed by atoms with Gasteiger partial charge in [-0.15, -0.1) is 0 Å². The van der Waals surface area contributed by atoms with E-state index in [1.54, 1.807) is 4.57 Å². The molecule has 1 aliphatic carbocycles. The molecule has 8 heteroatoms. The van der Waals surface area contributed by atoms with Gasteiger partial charge in [-0.25, -0.2) is 9.18 Å². The summed E-state index contributed by atoms with van der Waals surface area (Å²) in [6.07, 6.45) is 5.45. The number of piperazine rings is 1. The van der Waals surface area contributed by atoms with E-state index in [4.69, 9.17) is 4.74 Å². The third kappa shape index (κ3) is 2.88. The molecular weight excluding hydrogens is 377 g/mol. The number of aromatic nitrogens is 1. The van der Waals surface area contributed by atoms with Crippen LogP contribution in [0.4, 0.5) is 10.1 Å². The lowest BCUT2D eigenvalue weighted by atomic mass is 10.1. The van der Waals surface area contributed by atoms with Crippen LogP contribution in [0.2, 0.25) is 0 Å². The molecule has 154 valence electrons. The molecule has 0 amide bonds. The molecule has 3 aliphatic rings. The number of benzene rings is 1. The summed E-state index contributed by atoms with van der Waals surface area (Å²) in [5.41, 5.74) is -0.134. The Labute approximate surface area is 167 Å². The minimum Gasteiger partial charge on any atom is -0.492 e. The number of pyridine rings is 1. The highest BCUT2D eigenvalue weighted by atomic mass is 19.1. The molecule has 0 radical (unpaired) electrons. The highest BCUT2D eigenvalue weighted by Crippen LogP contribution is 2.44. The molecular formula is C21H24FN3O4. The van der Waals surface area contributed by atoms with Crippen LogP contribution in [0.5, 0.6) is 5.75 Å². The summed E-state index contributed by atoms with van der Waals surface area (Å²) in [4.78, 5) is 28.8. The summed E-state index contributed by atoms with van der Waals surface area (Å²) in [5, 5.41) is 9.51. The van der Waals surface area contributed by atoms with Gasteiger partial charge in [-0.3, -0.25) is 9.69 Å². The molecule has 2 saturated heterocycles. The molecule has 3 heterocycles. The molecule has 1 aromatic heterocycles. The molecule has 1 aromatic carbocycles. The minimum atomic E-state index is -1.30. The van der Waals surface area contributed by atoms with E-state index in [0.29, 0.717) is 29.5 Å². The quantitative estimate of drug-likeness (QED) is 0.848. The number of methoxy groups -OCH3 is 1. The van der Waals surface area contributed by atoms with E-state index in [9.17, 15) is 14.7 Å². The fourth-order valence-corrected chi connectivity index (χ4v) is 4.92. The SMILES string of the molecule is COc1c(N2CCN3CCCC3C2)c(F)cc2c(=O)c(C(=O)O)cn(C3CC3)c12. The van der Waals surface area contributed by atoms with Crippen LogP contribution in [-0.2, 0) is 0 Å². The number of ether oxygens (including phenoxy) is 1. The number of hydrogen-bond acceptors (Lipinski definition) is 5. The van der Waals surface area contributed by atoms with Crippen LogP contribution >= 0.6 is 0 Å². The van der Waals surface area contributed by atoms with Gasteiger partial charge < -0.3 is 19.3 Å². The van der Waals surface area contributed by atoms with Crippen molar-refractivity contribution in [2.75, 3.05) is 38.2 Å². The van der Waals surface area contributed by atoms with Gasteiger partial charge in [-0.05, 0) is 38.3 Å². The first-order valence-electron chi connectivity index (χ1n) is 10.2. The highest BCUT2D eigenvalue weighted by Gasteiger charge is 2.35. The van der Waals surface area contributed by atoms with Crippen molar-refractivity contribution in [3.63, 3.8) is 0 Å². The molecule has 2 aromatic rings. The average Bonchev–Trinajstić information content (AvgIpc) is 3.44. The third-order valence-electron chi connectivity index (χ3n) is 6.48. The Balaban J connectivity index is 1.73. The van der Waals surface area contributed by atoms with E-state index in [1.807, 2.05) is 4.90 Å². The lowest BCUT2D eigenvalue weighted by Crippen LogP contribution is -2.50. The summed E-state index contributed by atoms with van der Waals surface area (Å²) in [7, 11) is 1.48. The molecule has 3 fully saturated rings. The number of hydrogen-bond donors (Lipinski definition) is 1. The molecule has 1 unspecified atom stereocenters. The first-order chi connectivity index (χ1) is 14.0. The molecule has 1 atom stereocenters. The summed E-state index contributed by atoms with van der Waals surface area (Å²) >= 11 is 0. The van der Waals surface area contributed by atoms with Gasteiger partial charge in [0.15, 0.2) is 11.6 Å². The zero-order valence-corrected chi connectivity index (χ0v) is 16.4. The van der Waals surface area contributed by atoms with E-state index < -0.39 is 17.2 Å². The van der Waals surface area contributed by atoms with Crippen LogP contribution in [0, 0.1) is 5.82 Å². The van der Waals surface area contributed by atoms with E-state index >= 15 is 4.39 Å². The summed E-state index contributed by atoms with van der Waals surface area (Å²) < 4.78 is 22.8. The Morgan fingerprint density at radius 3 is 2.69 bits per heavy atom. The highest BCUT2D eigenvalue weighted by molar-refractivity contribution is 5.97. The maximum Gasteiger partial charge on any atom is 0.341 e. The molecule has 29 heavy (non-hydrogen) atoms. The van der Waals surface area contributed by atoms with Crippen molar-refractivity contribution < 1.29 is 19.0 Å². The fourth-order valence-electron chi connectivity index (χ4n) is 4.92. The van der Waals surface area contributed by atoms with Crippen molar-refractivity contribution >= 4 is 22.6 Å². The molecule has 1 N–H and O–H groups in total. The second-order valence-corrected chi connectivity index (χ2v) is 8.23. The molecule has 5 rings (SSSR count). The zero-order valence-electron chi connectivity index (χ0n) is 16.4. The standard InChI is InChI=1S/C21H24FN3O4/c1-29-20-17-14(19(26)15(21(27)28)11-25(17)12-4-5-12)9-16(22)18(20)24-8-7-23-6-2-3-13(23)10-24/h9,11-13H,2-8,10H2,1H3,(H,27,28). The second-order valence-electron chi connectivity index (χ2n) is 8.23. The number of carboxylic acids is 1. The van der Waals surface area contributed by atoms with E-state index in [0.717, 1.165) is 45.3 Å². The number of nitrogens with zero attached hydrogens (tertiary/aromatic N) is 3. The molecule has 7 nitrogen and oxygen atoms in total. The van der Waals surface area contributed by atoms with E-state index in [2.05, 4.69) is 4.90 Å². The topological polar surface area (TPSA) is 75.0 Å². The first kappa shape index (κ1) is 18.4. The number of fused-ring (bicyclic) bond motifs is 2. The number of carboxylic acid groups (broad SMARTS) is 1. The monoisotopic (exact) mass is 401 g/mol. The Bertz CT molecular complexity index is 1060. The Morgan fingerprint density at radius 1 is 1.21 bits per heavy atom. The van der Waals surface area contributed by atoms with Crippen molar-refractivity contribution in [2.45, 2.75) is 37.8 Å². The Hall–Kier alpha value is -2.61. The maximum atomic E-state index is 15.3. The van der Waals surface area contributed by atoms with Gasteiger partial charge in [0.25, 0.3) is 0 Å². The van der Waals surface area contributed by atoms with Crippen LogP contribution < -0.4 is 15.1 Å². The molecule has 0 spiro atoms. The van der Waals surface area contributed by atoms with Crippen LogP contribution in [-0.4, -0.2) is 59.9 Å². The maximum absolute atomic E-state index is 15.3. The summed E-state index contributed by atoms with van der Waals surface area (Å²) in [6.45, 7) is 3.38. The number of halogens is 1. The molecule has 1 saturated carbocycles. The van der Waals surface area contributed by atoms with Crippen LogP contribution in [0.15, 0.2) is 17.1 Å². The number of carbonyl (C=O) groups is 1. The van der Waals surface area contributed by atoms with Crippen molar-refractivity contribution in [3.8, 4) is 5.75 Å². The Kier molecular flexibility index (Phi) is 4.27. The second kappa shape index (κ2) is 6.73. The first-order valence-corrected chi connectivity index (χ1v) is 10.2. The van der Waals surface area contributed by atoms with Crippen LogP contribution in [0.1, 0.15) is 42.1 Å². The summed E-state index contributed by atoms with van der Waals surface area (Å²) in [5.74, 6) is -1.51. The average molecular weight is 401 g/mol. The van der Waals surface area contributed by atoms with Gasteiger partial charge in [-0.2, -0.15) is 0 Å². The lowest BCUT2D eigenvalue weighted by Gasteiger charge is -2.39. The van der Waals surface area contributed by atoms with Gasteiger partial charge in [-0.1, -0.05) is 0 Å². The third-order valence-corrected chi connectivity index (χ3v) is 6.48. The fraction of sp³-hybridized carbons (Fsp3) is 0.524. The van der Waals surface area contributed by atoms with Gasteiger partial charge in [0, 0.05) is 37.9 Å². The molecule has 0 bridgehead atoms. The van der Waals surface area contributed by atoms with Crippen LogP contribution in [0.25, 0.3) is 10.9 Å². The lowest BCUT2D eigenvalue weighted by molar-refractivity contribution is 0.0695. The van der Waals surface area contributed by atoms with E-state index in [-0.39, 0.29) is 17.0 Å². The van der Waals surface area contributed by atoms with Gasteiger partial charge >= 0.3 is 5.97 Å². The predicted molar refractivity (Wildman–Crippen MR) is 107 cm³/mol. The zero-order chi connectivity index (χ0) is 20.3. The van der Waals surface area contributed by atoms with Crippen molar-refractivity contribution in [2.24, 2.45) is 0 Å². The Morgan fingerprint density at radius 2 is 2.00 bits per heavy atom. The van der Waals surface area contributed by atoms with Crippen molar-refractivity contribution in [1.82, 2.24) is 9.47 Å². The van der Waals surface area contributed by atoms with E-state index in [1.165, 1.54) is 19.4 Å². The van der Waals surface area contributed by atoms with Crippen molar-refractivity contribution in [1.29, 1.82) is 0 Å². The van der Waals surface area contributed by atoms with Gasteiger partial charge in [0.1, 0.15) is 11.3 Å². The normalized spacial score (nSPS) is 22.1. The largest absolute Gasteiger partial charge is 0.492 e. The number of rotatable bonds is 4. The van der Waals surface area contributed by atoms with Crippen molar-refractivity contribution in [3.05, 3.63) is 33.9 Å². The summed E-state index contributed by atoms with van der Waals surface area (Å²) in [6, 6.07) is 1.71. The predicted octanol–water partition coefficient (Wildman–Crippen LogP) is 2.47. The molecule has 2 aliphatic heterocycles. The van der Waals surface area contributed by atoms with Crippen LogP contribution in [0.3, 0.4) is 0 Å².